The Morgan fingerprint density at radius 3 is 2.65 bits per heavy atom. The first-order valence-corrected chi connectivity index (χ1v) is 11.6. The predicted molar refractivity (Wildman–Crippen MR) is 131 cm³/mol. The summed E-state index contributed by atoms with van der Waals surface area (Å²) >= 11 is 17.3. The average molecular weight is 532 g/mol. The zero-order chi connectivity index (χ0) is 21.5. The van der Waals surface area contributed by atoms with Crippen LogP contribution in [0.15, 0.2) is 69.9 Å². The Morgan fingerprint density at radius 2 is 1.87 bits per heavy atom. The molecule has 0 unspecified atom stereocenters. The van der Waals surface area contributed by atoms with E-state index >= 15 is 0 Å². The lowest BCUT2D eigenvalue weighted by Crippen LogP contribution is -2.22. The Kier molecular flexibility index (Phi) is 5.48. The summed E-state index contributed by atoms with van der Waals surface area (Å²) in [6.45, 7) is 0.360. The van der Waals surface area contributed by atoms with Crippen LogP contribution >= 0.6 is 50.5 Å². The highest BCUT2D eigenvalue weighted by Gasteiger charge is 2.12. The zero-order valence-corrected chi connectivity index (χ0v) is 19.7. The van der Waals surface area contributed by atoms with E-state index in [0.29, 0.717) is 36.4 Å². The fourth-order valence-electron chi connectivity index (χ4n) is 3.30. The van der Waals surface area contributed by atoms with Gasteiger partial charge in [-0.2, -0.15) is 0 Å². The van der Waals surface area contributed by atoms with Crippen LogP contribution < -0.4 is 14.8 Å². The van der Waals surface area contributed by atoms with Crippen molar-refractivity contribution >= 4 is 72.5 Å². The number of rotatable bonds is 4. The Balaban J connectivity index is 1.48. The van der Waals surface area contributed by atoms with E-state index in [0.717, 1.165) is 22.2 Å². The van der Waals surface area contributed by atoms with Crippen molar-refractivity contribution in [3.8, 4) is 5.75 Å². The highest BCUT2D eigenvalue weighted by atomic mass is 79.9. The van der Waals surface area contributed by atoms with Crippen LogP contribution in [0.1, 0.15) is 11.1 Å². The molecule has 0 saturated carbocycles. The van der Waals surface area contributed by atoms with Crippen molar-refractivity contribution in [2.75, 3.05) is 0 Å². The lowest BCUT2D eigenvalue weighted by atomic mass is 10.2. The normalized spacial score (nSPS) is 12.2. The minimum atomic E-state index is -0.0935. The monoisotopic (exact) mass is 530 g/mol. The van der Waals surface area contributed by atoms with Crippen molar-refractivity contribution in [2.24, 2.45) is 0 Å². The van der Waals surface area contributed by atoms with Crippen LogP contribution in [0.4, 0.5) is 0 Å². The number of para-hydroxylation sites is 2. The highest BCUT2D eigenvalue weighted by molar-refractivity contribution is 9.10. The molecule has 0 aliphatic rings. The largest absolute Gasteiger partial charge is 0.486 e. The Hall–Kier alpha value is -2.38. The summed E-state index contributed by atoms with van der Waals surface area (Å²) in [5.41, 5.74) is 3.30. The standard InChI is InChI=1S/C23H13BrCl2N2O2S/c24-16-9-14(10-17(26)21(16)30-12-13-5-7-15(25)8-6-13)11-20-22(29)28-19-4-2-1-3-18(19)27-23(28)31-20/h1-11H,12H2. The number of benzene rings is 3. The number of imidazole rings is 1. The van der Waals surface area contributed by atoms with Gasteiger partial charge in [-0.05, 0) is 69.5 Å². The summed E-state index contributed by atoms with van der Waals surface area (Å²) in [6.07, 6.45) is 1.82. The van der Waals surface area contributed by atoms with Crippen LogP contribution in [0.2, 0.25) is 10.0 Å². The van der Waals surface area contributed by atoms with Crippen LogP contribution in [-0.4, -0.2) is 9.38 Å². The van der Waals surface area contributed by atoms with Crippen molar-refractivity contribution in [3.63, 3.8) is 0 Å². The van der Waals surface area contributed by atoms with Crippen molar-refractivity contribution in [1.82, 2.24) is 9.38 Å². The molecule has 3 aromatic carbocycles. The summed E-state index contributed by atoms with van der Waals surface area (Å²) in [7, 11) is 0. The van der Waals surface area contributed by atoms with Gasteiger partial charge in [0.2, 0.25) is 0 Å². The van der Waals surface area contributed by atoms with Crippen LogP contribution in [0, 0.1) is 0 Å². The third kappa shape index (κ3) is 3.96. The van der Waals surface area contributed by atoms with Crippen LogP contribution in [-0.2, 0) is 6.61 Å². The molecule has 31 heavy (non-hydrogen) atoms. The quantitative estimate of drug-likeness (QED) is 0.281. The molecule has 0 amide bonds. The first-order chi connectivity index (χ1) is 15.0. The molecule has 2 aromatic heterocycles. The molecule has 0 atom stereocenters. The smallest absolute Gasteiger partial charge is 0.274 e. The van der Waals surface area contributed by atoms with Gasteiger partial charge >= 0.3 is 0 Å². The van der Waals surface area contributed by atoms with E-state index < -0.39 is 0 Å². The number of aromatic nitrogens is 2. The first kappa shape index (κ1) is 20.5. The number of hydrogen-bond donors (Lipinski definition) is 0. The van der Waals surface area contributed by atoms with Crippen molar-refractivity contribution in [1.29, 1.82) is 0 Å². The first-order valence-electron chi connectivity index (χ1n) is 9.27. The second kappa shape index (κ2) is 8.28. The second-order valence-corrected chi connectivity index (χ2v) is 9.57. The van der Waals surface area contributed by atoms with E-state index in [1.807, 2.05) is 60.7 Å². The Labute approximate surface area is 199 Å². The SMILES string of the molecule is O=c1c(=Cc2cc(Cl)c(OCc3ccc(Cl)cc3)c(Br)c2)sc2nc3ccccc3n12. The van der Waals surface area contributed by atoms with Gasteiger partial charge in [0.25, 0.3) is 5.56 Å². The van der Waals surface area contributed by atoms with Gasteiger partial charge in [-0.3, -0.25) is 4.79 Å². The van der Waals surface area contributed by atoms with Gasteiger partial charge in [0.15, 0.2) is 10.7 Å². The number of halogens is 3. The summed E-state index contributed by atoms with van der Waals surface area (Å²) in [5.74, 6) is 0.545. The second-order valence-electron chi connectivity index (χ2n) is 6.86. The summed E-state index contributed by atoms with van der Waals surface area (Å²) in [4.78, 5) is 18.2. The third-order valence-electron chi connectivity index (χ3n) is 4.76. The van der Waals surface area contributed by atoms with Gasteiger partial charge in [0, 0.05) is 5.02 Å². The van der Waals surface area contributed by atoms with Gasteiger partial charge in [-0.1, -0.05) is 58.8 Å². The number of hydrogen-bond acceptors (Lipinski definition) is 4. The molecule has 0 saturated heterocycles. The van der Waals surface area contributed by atoms with Crippen molar-refractivity contribution in [2.45, 2.75) is 6.61 Å². The van der Waals surface area contributed by atoms with Crippen LogP contribution in [0.3, 0.4) is 0 Å². The molecule has 5 rings (SSSR count). The molecule has 0 spiro atoms. The fourth-order valence-corrected chi connectivity index (χ4v) is 5.40. The zero-order valence-electron chi connectivity index (χ0n) is 15.8. The Morgan fingerprint density at radius 1 is 1.10 bits per heavy atom. The highest BCUT2D eigenvalue weighted by Crippen LogP contribution is 2.35. The molecule has 0 N–H and O–H groups in total. The molecule has 154 valence electrons. The van der Waals surface area contributed by atoms with Gasteiger partial charge in [-0.15, -0.1) is 0 Å². The predicted octanol–water partition coefficient (Wildman–Crippen LogP) is 6.11. The molecule has 8 heteroatoms. The maximum Gasteiger partial charge on any atom is 0.274 e. The Bertz CT molecular complexity index is 1520. The summed E-state index contributed by atoms with van der Waals surface area (Å²) in [5, 5.41) is 1.13. The van der Waals surface area contributed by atoms with E-state index in [9.17, 15) is 4.79 Å². The molecular formula is C23H13BrCl2N2O2S. The van der Waals surface area contributed by atoms with E-state index in [1.54, 1.807) is 10.5 Å². The van der Waals surface area contributed by atoms with Crippen LogP contribution in [0.5, 0.6) is 5.75 Å². The molecule has 4 nitrogen and oxygen atoms in total. The minimum Gasteiger partial charge on any atom is -0.486 e. The van der Waals surface area contributed by atoms with Crippen LogP contribution in [0.25, 0.3) is 22.1 Å². The summed E-state index contributed by atoms with van der Waals surface area (Å²) in [6, 6.07) is 18.7. The molecule has 0 radical (unpaired) electrons. The molecule has 0 aliphatic carbocycles. The molecular weight excluding hydrogens is 519 g/mol. The fraction of sp³-hybridized carbons (Fsp3) is 0.0435. The molecule has 0 aliphatic heterocycles. The van der Waals surface area contributed by atoms with Crippen molar-refractivity contribution in [3.05, 3.63) is 101 Å². The number of fused-ring (bicyclic) bond motifs is 3. The molecule has 5 aromatic rings. The molecule has 2 heterocycles. The molecule has 0 bridgehead atoms. The maximum atomic E-state index is 13.0. The lowest BCUT2D eigenvalue weighted by molar-refractivity contribution is 0.304. The van der Waals surface area contributed by atoms with E-state index in [4.69, 9.17) is 27.9 Å². The van der Waals surface area contributed by atoms with Gasteiger partial charge in [0.05, 0.1) is 25.1 Å². The number of thiazole rings is 1. The maximum absolute atomic E-state index is 13.0. The lowest BCUT2D eigenvalue weighted by Gasteiger charge is -2.11. The number of nitrogens with zero attached hydrogens (tertiary/aromatic N) is 2. The average Bonchev–Trinajstić information content (AvgIpc) is 3.25. The van der Waals surface area contributed by atoms with E-state index in [2.05, 4.69) is 20.9 Å². The van der Waals surface area contributed by atoms with E-state index in [1.165, 1.54) is 11.3 Å². The van der Waals surface area contributed by atoms with E-state index in [-0.39, 0.29) is 5.56 Å². The third-order valence-corrected chi connectivity index (χ3v) is 6.85. The van der Waals surface area contributed by atoms with Crippen molar-refractivity contribution < 1.29 is 4.74 Å². The minimum absolute atomic E-state index is 0.0935. The number of ether oxygens (including phenoxy) is 1. The summed E-state index contributed by atoms with van der Waals surface area (Å²) < 4.78 is 8.84. The van der Waals surface area contributed by atoms with Gasteiger partial charge < -0.3 is 4.74 Å². The van der Waals surface area contributed by atoms with Gasteiger partial charge in [0.1, 0.15) is 6.61 Å². The topological polar surface area (TPSA) is 43.6 Å². The molecule has 0 fully saturated rings. The van der Waals surface area contributed by atoms with Gasteiger partial charge in [-0.25, -0.2) is 9.38 Å².